The summed E-state index contributed by atoms with van der Waals surface area (Å²) in [6.07, 6.45) is 0. The molecule has 0 saturated carbocycles. The van der Waals surface area contributed by atoms with Gasteiger partial charge in [0.1, 0.15) is 0 Å². The van der Waals surface area contributed by atoms with Gasteiger partial charge >= 0.3 is 12.0 Å². The van der Waals surface area contributed by atoms with Crippen molar-refractivity contribution < 1.29 is 19.1 Å². The van der Waals surface area contributed by atoms with Gasteiger partial charge in [-0.05, 0) is 44.5 Å². The molecule has 2 atom stereocenters. The number of hydrogen-bond donors (Lipinski definition) is 1. The van der Waals surface area contributed by atoms with Crippen LogP contribution in [-0.2, 0) is 9.53 Å². The molecule has 3 amide bonds. The largest absolute Gasteiger partial charge is 0.463 e. The van der Waals surface area contributed by atoms with Gasteiger partial charge in [-0.2, -0.15) is 0 Å². The molecular weight excluding hydrogens is 527 g/mol. The van der Waals surface area contributed by atoms with Crippen molar-refractivity contribution in [2.24, 2.45) is 0 Å². The molecule has 202 valence electrons. The van der Waals surface area contributed by atoms with E-state index in [0.717, 1.165) is 5.56 Å². The van der Waals surface area contributed by atoms with E-state index in [1.165, 1.54) is 4.90 Å². The Balaban J connectivity index is 1.62. The molecule has 2 heterocycles. The topological polar surface area (TPSA) is 82.2 Å². The number of piperazine rings is 1. The molecule has 2 aromatic rings. The van der Waals surface area contributed by atoms with Gasteiger partial charge in [0.15, 0.2) is 0 Å². The SMILES string of the molecule is CCOC(=O)C1=C(CN2CCN(C(=O)c3ccc(C)cc3)[C@@H](C)C2)N(C)C(=O)N[C@@H]1c1cccc(Cl)c1Cl. The number of ether oxygens (including phenoxy) is 1. The van der Waals surface area contributed by atoms with E-state index in [1.807, 2.05) is 43.0 Å². The molecule has 0 bridgehead atoms. The Morgan fingerprint density at radius 1 is 1.11 bits per heavy atom. The third kappa shape index (κ3) is 5.67. The number of carbonyl (C=O) groups excluding carboxylic acids is 3. The molecule has 0 spiro atoms. The van der Waals surface area contributed by atoms with Gasteiger partial charge in [0, 0.05) is 50.5 Å². The van der Waals surface area contributed by atoms with E-state index >= 15 is 0 Å². The number of likely N-dealkylation sites (N-methyl/N-ethyl adjacent to an activating group) is 1. The van der Waals surface area contributed by atoms with Crippen molar-refractivity contribution in [3.05, 3.63) is 80.5 Å². The van der Waals surface area contributed by atoms with Crippen molar-refractivity contribution in [3.63, 3.8) is 0 Å². The van der Waals surface area contributed by atoms with Gasteiger partial charge in [0.05, 0.1) is 28.3 Å². The Labute approximate surface area is 233 Å². The van der Waals surface area contributed by atoms with Crippen molar-refractivity contribution in [2.75, 3.05) is 39.8 Å². The standard InChI is InChI=1S/C28H32Cl2N4O4/c1-5-38-27(36)23-22(32(4)28(37)31-25(23)20-7-6-8-21(29)24(20)30)16-33-13-14-34(18(3)15-33)26(35)19-11-9-17(2)10-12-19/h6-12,18,25H,5,13-16H2,1-4H3,(H,31,37)/t18-,25+/m0/s1. The van der Waals surface area contributed by atoms with E-state index in [4.69, 9.17) is 27.9 Å². The van der Waals surface area contributed by atoms with E-state index in [9.17, 15) is 14.4 Å². The summed E-state index contributed by atoms with van der Waals surface area (Å²) in [6.45, 7) is 7.91. The number of nitrogens with zero attached hydrogens (tertiary/aromatic N) is 3. The number of hydrogen-bond acceptors (Lipinski definition) is 5. The second-order valence-corrected chi connectivity index (χ2v) is 10.4. The van der Waals surface area contributed by atoms with E-state index < -0.39 is 12.0 Å². The first-order valence-corrected chi connectivity index (χ1v) is 13.4. The molecule has 0 aromatic heterocycles. The summed E-state index contributed by atoms with van der Waals surface area (Å²) in [5.41, 5.74) is 3.11. The monoisotopic (exact) mass is 558 g/mol. The first kappa shape index (κ1) is 28.0. The van der Waals surface area contributed by atoms with Gasteiger partial charge in [-0.3, -0.25) is 14.6 Å². The molecule has 0 unspecified atom stereocenters. The molecule has 1 N–H and O–H groups in total. The van der Waals surface area contributed by atoms with Gasteiger partial charge in [-0.1, -0.05) is 53.0 Å². The summed E-state index contributed by atoms with van der Waals surface area (Å²) in [5.74, 6) is -0.537. The minimum atomic E-state index is -0.819. The fraction of sp³-hybridized carbons (Fsp3) is 0.393. The number of amides is 3. The van der Waals surface area contributed by atoms with Crippen LogP contribution in [0.25, 0.3) is 0 Å². The summed E-state index contributed by atoms with van der Waals surface area (Å²) in [5, 5.41) is 3.46. The van der Waals surface area contributed by atoms with Crippen molar-refractivity contribution in [1.29, 1.82) is 0 Å². The molecule has 2 aliphatic heterocycles. The lowest BCUT2D eigenvalue weighted by Gasteiger charge is -2.42. The highest BCUT2D eigenvalue weighted by Gasteiger charge is 2.39. The number of rotatable bonds is 6. The van der Waals surface area contributed by atoms with Crippen molar-refractivity contribution in [2.45, 2.75) is 32.9 Å². The highest BCUT2D eigenvalue weighted by atomic mass is 35.5. The van der Waals surface area contributed by atoms with E-state index in [1.54, 1.807) is 32.2 Å². The predicted molar refractivity (Wildman–Crippen MR) is 147 cm³/mol. The van der Waals surface area contributed by atoms with Gasteiger partial charge < -0.3 is 15.0 Å². The maximum Gasteiger partial charge on any atom is 0.338 e. The fourth-order valence-electron chi connectivity index (χ4n) is 4.93. The highest BCUT2D eigenvalue weighted by molar-refractivity contribution is 6.42. The molecule has 1 saturated heterocycles. The number of urea groups is 1. The van der Waals surface area contributed by atoms with Crippen LogP contribution in [0.3, 0.4) is 0 Å². The van der Waals surface area contributed by atoms with Crippen LogP contribution in [0.5, 0.6) is 0 Å². The number of benzene rings is 2. The molecule has 8 nitrogen and oxygen atoms in total. The molecule has 38 heavy (non-hydrogen) atoms. The second-order valence-electron chi connectivity index (χ2n) is 9.61. The van der Waals surface area contributed by atoms with Crippen molar-refractivity contribution >= 4 is 41.1 Å². The van der Waals surface area contributed by atoms with Gasteiger partial charge in [0.2, 0.25) is 0 Å². The smallest absolute Gasteiger partial charge is 0.338 e. The number of halogens is 2. The average molecular weight is 559 g/mol. The van der Waals surface area contributed by atoms with Crippen LogP contribution >= 0.6 is 23.2 Å². The number of carbonyl (C=O) groups is 3. The second kappa shape index (κ2) is 11.8. The zero-order valence-corrected chi connectivity index (χ0v) is 23.5. The van der Waals surface area contributed by atoms with Crippen LogP contribution in [0.15, 0.2) is 53.7 Å². The van der Waals surface area contributed by atoms with Gasteiger partial charge in [-0.15, -0.1) is 0 Å². The molecule has 0 aliphatic carbocycles. The Morgan fingerprint density at radius 3 is 2.47 bits per heavy atom. The van der Waals surface area contributed by atoms with Crippen LogP contribution in [0.4, 0.5) is 4.79 Å². The van der Waals surface area contributed by atoms with Crippen LogP contribution in [0.2, 0.25) is 10.0 Å². The molecule has 2 aliphatic rings. The first-order valence-electron chi connectivity index (χ1n) is 12.6. The van der Waals surface area contributed by atoms with Gasteiger partial charge in [0.25, 0.3) is 5.91 Å². The molecule has 1 fully saturated rings. The van der Waals surface area contributed by atoms with Crippen molar-refractivity contribution in [3.8, 4) is 0 Å². The number of nitrogens with one attached hydrogen (secondary N) is 1. The lowest BCUT2D eigenvalue weighted by Crippen LogP contribution is -2.56. The fourth-order valence-corrected chi connectivity index (χ4v) is 5.34. The summed E-state index contributed by atoms with van der Waals surface area (Å²) in [6, 6.07) is 11.4. The van der Waals surface area contributed by atoms with Crippen LogP contribution in [-0.4, -0.2) is 78.5 Å². The maximum atomic E-state index is 13.3. The Bertz CT molecular complexity index is 1260. The summed E-state index contributed by atoms with van der Waals surface area (Å²) in [4.78, 5) is 44.9. The third-order valence-corrected chi connectivity index (χ3v) is 7.84. The summed E-state index contributed by atoms with van der Waals surface area (Å²) in [7, 11) is 1.63. The predicted octanol–water partition coefficient (Wildman–Crippen LogP) is 4.66. The van der Waals surface area contributed by atoms with E-state index in [-0.39, 0.29) is 29.6 Å². The zero-order chi connectivity index (χ0) is 27.6. The Kier molecular flexibility index (Phi) is 8.65. The average Bonchev–Trinajstić information content (AvgIpc) is 2.88. The maximum absolute atomic E-state index is 13.3. The number of aryl methyl sites for hydroxylation is 1. The van der Waals surface area contributed by atoms with Crippen LogP contribution in [0.1, 0.15) is 41.4 Å². The normalized spacial score (nSPS) is 20.4. The molecule has 2 aromatic carbocycles. The quantitative estimate of drug-likeness (QED) is 0.521. The first-order chi connectivity index (χ1) is 18.1. The van der Waals surface area contributed by atoms with Gasteiger partial charge in [-0.25, -0.2) is 9.59 Å². The minimum Gasteiger partial charge on any atom is -0.463 e. The van der Waals surface area contributed by atoms with Crippen molar-refractivity contribution in [1.82, 2.24) is 20.0 Å². The lowest BCUT2D eigenvalue weighted by atomic mass is 9.94. The number of esters is 1. The van der Waals surface area contributed by atoms with Crippen LogP contribution in [0, 0.1) is 6.92 Å². The summed E-state index contributed by atoms with van der Waals surface area (Å²) >= 11 is 12.8. The third-order valence-electron chi connectivity index (χ3n) is 7.01. The highest BCUT2D eigenvalue weighted by Crippen LogP contribution is 2.37. The molecular formula is C28H32Cl2N4O4. The molecule has 0 radical (unpaired) electrons. The van der Waals surface area contributed by atoms with Crippen LogP contribution < -0.4 is 5.32 Å². The molecule has 4 rings (SSSR count). The Morgan fingerprint density at radius 2 is 1.82 bits per heavy atom. The minimum absolute atomic E-state index is 0.00611. The van der Waals surface area contributed by atoms with E-state index in [2.05, 4.69) is 10.2 Å². The lowest BCUT2D eigenvalue weighted by molar-refractivity contribution is -0.139. The zero-order valence-electron chi connectivity index (χ0n) is 22.0. The molecule has 10 heteroatoms. The summed E-state index contributed by atoms with van der Waals surface area (Å²) < 4.78 is 5.41. The van der Waals surface area contributed by atoms with E-state index in [0.29, 0.717) is 53.6 Å². The Hall–Kier alpha value is -3.07.